The summed E-state index contributed by atoms with van der Waals surface area (Å²) in [6.07, 6.45) is 0. The molecule has 0 atom stereocenters. The SMILES string of the molecule is COc1cccc(C(=O)c2ccc(C)o2)c1. The van der Waals surface area contributed by atoms with Gasteiger partial charge in [-0.15, -0.1) is 0 Å². The van der Waals surface area contributed by atoms with Crippen LogP contribution in [0, 0.1) is 6.92 Å². The van der Waals surface area contributed by atoms with Crippen LogP contribution >= 0.6 is 0 Å². The molecule has 82 valence electrons. The lowest BCUT2D eigenvalue weighted by Crippen LogP contribution is -1.99. The molecule has 2 aromatic rings. The lowest BCUT2D eigenvalue weighted by Gasteiger charge is -2.01. The van der Waals surface area contributed by atoms with E-state index < -0.39 is 0 Å². The smallest absolute Gasteiger partial charge is 0.228 e. The van der Waals surface area contributed by atoms with Crippen LogP contribution in [0.3, 0.4) is 0 Å². The second-order valence-corrected chi connectivity index (χ2v) is 3.47. The van der Waals surface area contributed by atoms with E-state index in [0.717, 1.165) is 5.76 Å². The van der Waals surface area contributed by atoms with E-state index in [0.29, 0.717) is 17.1 Å². The number of benzene rings is 1. The van der Waals surface area contributed by atoms with Crippen LogP contribution in [0.4, 0.5) is 0 Å². The van der Waals surface area contributed by atoms with Gasteiger partial charge in [0, 0.05) is 5.56 Å². The van der Waals surface area contributed by atoms with Gasteiger partial charge in [0.15, 0.2) is 5.76 Å². The maximum absolute atomic E-state index is 12.0. The molecule has 0 aliphatic heterocycles. The number of furan rings is 1. The van der Waals surface area contributed by atoms with E-state index in [9.17, 15) is 4.79 Å². The van der Waals surface area contributed by atoms with Gasteiger partial charge in [-0.2, -0.15) is 0 Å². The van der Waals surface area contributed by atoms with Gasteiger partial charge in [0.2, 0.25) is 5.78 Å². The van der Waals surface area contributed by atoms with Gasteiger partial charge in [-0.05, 0) is 31.2 Å². The first-order valence-electron chi connectivity index (χ1n) is 4.96. The number of aryl methyl sites for hydroxylation is 1. The van der Waals surface area contributed by atoms with Crippen LogP contribution in [0.25, 0.3) is 0 Å². The molecule has 0 unspecified atom stereocenters. The van der Waals surface area contributed by atoms with Gasteiger partial charge in [0.25, 0.3) is 0 Å². The van der Waals surface area contributed by atoms with Crippen molar-refractivity contribution in [2.24, 2.45) is 0 Å². The minimum Gasteiger partial charge on any atom is -0.497 e. The molecule has 16 heavy (non-hydrogen) atoms. The molecule has 0 amide bonds. The predicted octanol–water partition coefficient (Wildman–Crippen LogP) is 2.83. The second-order valence-electron chi connectivity index (χ2n) is 3.47. The van der Waals surface area contributed by atoms with Gasteiger partial charge >= 0.3 is 0 Å². The highest BCUT2D eigenvalue weighted by Crippen LogP contribution is 2.17. The van der Waals surface area contributed by atoms with Gasteiger partial charge in [-0.3, -0.25) is 4.79 Å². The minimum absolute atomic E-state index is 0.132. The molecule has 0 saturated carbocycles. The Balaban J connectivity index is 2.33. The zero-order valence-corrected chi connectivity index (χ0v) is 9.19. The molecule has 0 N–H and O–H groups in total. The highest BCUT2D eigenvalue weighted by atomic mass is 16.5. The fourth-order valence-corrected chi connectivity index (χ4v) is 1.46. The topological polar surface area (TPSA) is 39.4 Å². The molecule has 0 spiro atoms. The van der Waals surface area contributed by atoms with E-state index in [2.05, 4.69) is 0 Å². The predicted molar refractivity (Wildman–Crippen MR) is 59.9 cm³/mol. The zero-order valence-electron chi connectivity index (χ0n) is 9.19. The lowest BCUT2D eigenvalue weighted by atomic mass is 10.1. The molecule has 3 nitrogen and oxygen atoms in total. The van der Waals surface area contributed by atoms with Crippen LogP contribution in [-0.2, 0) is 0 Å². The fourth-order valence-electron chi connectivity index (χ4n) is 1.46. The number of hydrogen-bond acceptors (Lipinski definition) is 3. The first kappa shape index (κ1) is 10.5. The summed E-state index contributed by atoms with van der Waals surface area (Å²) in [6.45, 7) is 1.81. The normalized spacial score (nSPS) is 10.1. The van der Waals surface area contributed by atoms with Crippen LogP contribution < -0.4 is 4.74 Å². The van der Waals surface area contributed by atoms with Crippen molar-refractivity contribution < 1.29 is 13.9 Å². The highest BCUT2D eigenvalue weighted by Gasteiger charge is 2.13. The van der Waals surface area contributed by atoms with Crippen molar-refractivity contribution in [2.45, 2.75) is 6.92 Å². The van der Waals surface area contributed by atoms with E-state index in [1.54, 1.807) is 43.5 Å². The number of methoxy groups -OCH3 is 1. The van der Waals surface area contributed by atoms with Crippen molar-refractivity contribution in [2.75, 3.05) is 7.11 Å². The molecule has 0 bridgehead atoms. The molecular weight excluding hydrogens is 204 g/mol. The molecule has 0 aliphatic carbocycles. The molecular formula is C13H12O3. The molecule has 0 aliphatic rings. The Kier molecular flexibility index (Phi) is 2.77. The summed E-state index contributed by atoms with van der Waals surface area (Å²) in [5.41, 5.74) is 0.564. The molecule has 1 aromatic heterocycles. The fraction of sp³-hybridized carbons (Fsp3) is 0.154. The van der Waals surface area contributed by atoms with Gasteiger partial charge in [0.1, 0.15) is 11.5 Å². The van der Waals surface area contributed by atoms with Crippen LogP contribution in [0.2, 0.25) is 0 Å². The van der Waals surface area contributed by atoms with E-state index in [4.69, 9.17) is 9.15 Å². The average molecular weight is 216 g/mol. The third kappa shape index (κ3) is 1.98. The van der Waals surface area contributed by atoms with E-state index in [1.807, 2.05) is 6.92 Å². The Labute approximate surface area is 93.7 Å². The standard InChI is InChI=1S/C13H12O3/c1-9-6-7-12(16-9)13(14)10-4-3-5-11(8-10)15-2/h3-8H,1-2H3. The molecule has 1 heterocycles. The van der Waals surface area contributed by atoms with Gasteiger partial charge in [0.05, 0.1) is 7.11 Å². The lowest BCUT2D eigenvalue weighted by molar-refractivity contribution is 0.101. The first-order valence-corrected chi connectivity index (χ1v) is 4.96. The molecule has 0 radical (unpaired) electrons. The summed E-state index contributed by atoms with van der Waals surface area (Å²) >= 11 is 0. The average Bonchev–Trinajstić information content (AvgIpc) is 2.75. The summed E-state index contributed by atoms with van der Waals surface area (Å²) in [6, 6.07) is 10.5. The monoisotopic (exact) mass is 216 g/mol. The molecule has 0 fully saturated rings. The van der Waals surface area contributed by atoms with Crippen LogP contribution in [-0.4, -0.2) is 12.9 Å². The van der Waals surface area contributed by atoms with Crippen molar-refractivity contribution in [3.8, 4) is 5.75 Å². The summed E-state index contributed by atoms with van der Waals surface area (Å²) in [5, 5.41) is 0. The highest BCUT2D eigenvalue weighted by molar-refractivity contribution is 6.07. The second kappa shape index (κ2) is 4.23. The summed E-state index contributed by atoms with van der Waals surface area (Å²) in [7, 11) is 1.57. The molecule has 0 saturated heterocycles. The number of carbonyl (C=O) groups excluding carboxylic acids is 1. The Hall–Kier alpha value is -2.03. The van der Waals surface area contributed by atoms with Crippen molar-refractivity contribution in [1.29, 1.82) is 0 Å². The first-order chi connectivity index (χ1) is 7.70. The number of carbonyl (C=O) groups is 1. The third-order valence-electron chi connectivity index (χ3n) is 2.30. The Morgan fingerprint density at radius 1 is 1.25 bits per heavy atom. The van der Waals surface area contributed by atoms with Crippen LogP contribution in [0.1, 0.15) is 21.9 Å². The van der Waals surface area contributed by atoms with E-state index in [1.165, 1.54) is 0 Å². The van der Waals surface area contributed by atoms with Gasteiger partial charge in [-0.25, -0.2) is 0 Å². The molecule has 2 rings (SSSR count). The maximum Gasteiger partial charge on any atom is 0.228 e. The van der Waals surface area contributed by atoms with Crippen molar-refractivity contribution in [3.05, 3.63) is 53.5 Å². The zero-order chi connectivity index (χ0) is 11.5. The molecule has 1 aromatic carbocycles. The van der Waals surface area contributed by atoms with E-state index in [-0.39, 0.29) is 5.78 Å². The largest absolute Gasteiger partial charge is 0.497 e. The summed E-state index contributed by atoms with van der Waals surface area (Å²) in [5.74, 6) is 1.61. The Morgan fingerprint density at radius 2 is 2.06 bits per heavy atom. The van der Waals surface area contributed by atoms with Crippen LogP contribution in [0.5, 0.6) is 5.75 Å². The van der Waals surface area contributed by atoms with Gasteiger partial charge in [-0.1, -0.05) is 12.1 Å². The van der Waals surface area contributed by atoms with Crippen molar-refractivity contribution in [3.63, 3.8) is 0 Å². The summed E-state index contributed by atoms with van der Waals surface area (Å²) < 4.78 is 10.3. The maximum atomic E-state index is 12.0. The minimum atomic E-state index is -0.132. The van der Waals surface area contributed by atoms with Crippen molar-refractivity contribution in [1.82, 2.24) is 0 Å². The molecule has 3 heteroatoms. The summed E-state index contributed by atoms with van der Waals surface area (Å²) in [4.78, 5) is 12.0. The van der Waals surface area contributed by atoms with Crippen molar-refractivity contribution >= 4 is 5.78 Å². The third-order valence-corrected chi connectivity index (χ3v) is 2.30. The Bertz CT molecular complexity index is 511. The van der Waals surface area contributed by atoms with E-state index >= 15 is 0 Å². The Morgan fingerprint density at radius 3 is 2.69 bits per heavy atom. The number of ketones is 1. The number of hydrogen-bond donors (Lipinski definition) is 0. The number of rotatable bonds is 3. The number of ether oxygens (including phenoxy) is 1. The quantitative estimate of drug-likeness (QED) is 0.740. The van der Waals surface area contributed by atoms with Crippen LogP contribution in [0.15, 0.2) is 40.8 Å². The van der Waals surface area contributed by atoms with Gasteiger partial charge < -0.3 is 9.15 Å².